The van der Waals surface area contributed by atoms with Gasteiger partial charge in [-0.3, -0.25) is 9.36 Å². The molecule has 9 heteroatoms. The highest BCUT2D eigenvalue weighted by Crippen LogP contribution is 2.26. The van der Waals surface area contributed by atoms with E-state index in [0.29, 0.717) is 33.2 Å². The molecule has 3 aromatic carbocycles. The van der Waals surface area contributed by atoms with Crippen LogP contribution in [0.5, 0.6) is 11.5 Å². The minimum atomic E-state index is -0.162. The molecule has 0 aliphatic rings. The Morgan fingerprint density at radius 3 is 2.61 bits per heavy atom. The zero-order valence-corrected chi connectivity index (χ0v) is 19.3. The van der Waals surface area contributed by atoms with Gasteiger partial charge in [-0.05, 0) is 36.4 Å². The number of halogens is 1. The van der Waals surface area contributed by atoms with Crippen molar-refractivity contribution in [2.75, 3.05) is 18.2 Å². The molecule has 0 atom stereocenters. The maximum atomic E-state index is 12.5. The molecule has 4 rings (SSSR count). The highest BCUT2D eigenvalue weighted by Gasteiger charge is 2.17. The first-order valence-electron chi connectivity index (χ1n) is 10.1. The Balaban J connectivity index is 1.49. The monoisotopic (exact) mass is 480 g/mol. The fraction of sp³-hybridized carbons (Fsp3) is 0.125. The number of rotatable bonds is 9. The number of nitrogens with zero attached hydrogens (tertiary/aromatic N) is 3. The van der Waals surface area contributed by atoms with Gasteiger partial charge in [-0.2, -0.15) is 0 Å². The molecule has 0 spiro atoms. The fourth-order valence-electron chi connectivity index (χ4n) is 3.06. The molecule has 1 N–H and O–H groups in total. The molecule has 168 valence electrons. The molecular weight excluding hydrogens is 460 g/mol. The summed E-state index contributed by atoms with van der Waals surface area (Å²) in [5, 5.41) is 12.6. The van der Waals surface area contributed by atoms with E-state index in [1.54, 1.807) is 25.3 Å². The van der Waals surface area contributed by atoms with Crippen LogP contribution >= 0.6 is 23.4 Å². The van der Waals surface area contributed by atoms with Crippen LogP contribution in [0.3, 0.4) is 0 Å². The number of amides is 1. The van der Waals surface area contributed by atoms with E-state index in [1.165, 1.54) is 11.8 Å². The molecule has 0 aliphatic carbocycles. The number of carbonyl (C=O) groups is 1. The first-order valence-corrected chi connectivity index (χ1v) is 11.4. The molecule has 33 heavy (non-hydrogen) atoms. The van der Waals surface area contributed by atoms with Crippen LogP contribution in [0, 0.1) is 0 Å². The first-order chi connectivity index (χ1) is 16.1. The molecule has 0 radical (unpaired) electrons. The highest BCUT2D eigenvalue weighted by atomic mass is 35.5. The van der Waals surface area contributed by atoms with Crippen LogP contribution in [0.4, 0.5) is 5.69 Å². The van der Waals surface area contributed by atoms with Gasteiger partial charge in [0.1, 0.15) is 18.1 Å². The van der Waals surface area contributed by atoms with E-state index in [0.717, 1.165) is 5.69 Å². The van der Waals surface area contributed by atoms with Gasteiger partial charge in [0.2, 0.25) is 5.91 Å². The second-order valence-corrected chi connectivity index (χ2v) is 8.21. The maximum absolute atomic E-state index is 12.5. The van der Waals surface area contributed by atoms with Crippen LogP contribution < -0.4 is 14.8 Å². The number of hydrogen-bond donors (Lipinski definition) is 1. The molecule has 0 aliphatic heterocycles. The van der Waals surface area contributed by atoms with Crippen molar-refractivity contribution >= 4 is 35.0 Å². The zero-order chi connectivity index (χ0) is 23.0. The van der Waals surface area contributed by atoms with Crippen molar-refractivity contribution in [2.24, 2.45) is 0 Å². The van der Waals surface area contributed by atoms with Gasteiger partial charge < -0.3 is 14.8 Å². The molecular formula is C24H21ClN4O3S. The summed E-state index contributed by atoms with van der Waals surface area (Å²) in [4.78, 5) is 12.5. The van der Waals surface area contributed by atoms with E-state index in [4.69, 9.17) is 21.1 Å². The summed E-state index contributed by atoms with van der Waals surface area (Å²) >= 11 is 7.49. The molecule has 0 bridgehead atoms. The number of methoxy groups -OCH3 is 1. The minimum Gasteiger partial charge on any atom is -0.497 e. The van der Waals surface area contributed by atoms with Gasteiger partial charge in [0.15, 0.2) is 11.0 Å². The molecule has 0 unspecified atom stereocenters. The summed E-state index contributed by atoms with van der Waals surface area (Å²) in [6.45, 7) is 0.169. The number of thioether (sulfide) groups is 1. The van der Waals surface area contributed by atoms with Gasteiger partial charge in [-0.15, -0.1) is 10.2 Å². The van der Waals surface area contributed by atoms with Crippen molar-refractivity contribution in [3.63, 3.8) is 0 Å². The Hall–Kier alpha value is -3.49. The van der Waals surface area contributed by atoms with Gasteiger partial charge in [-0.1, -0.05) is 59.8 Å². The summed E-state index contributed by atoms with van der Waals surface area (Å²) in [5.74, 6) is 1.83. The van der Waals surface area contributed by atoms with E-state index in [9.17, 15) is 4.79 Å². The van der Waals surface area contributed by atoms with E-state index >= 15 is 0 Å². The van der Waals surface area contributed by atoms with Gasteiger partial charge >= 0.3 is 0 Å². The van der Waals surface area contributed by atoms with Crippen LogP contribution in [0.2, 0.25) is 5.02 Å². The third-order valence-corrected chi connectivity index (χ3v) is 5.84. The maximum Gasteiger partial charge on any atom is 0.234 e. The quantitative estimate of drug-likeness (QED) is 0.330. The van der Waals surface area contributed by atoms with Crippen molar-refractivity contribution in [3.05, 3.63) is 89.7 Å². The van der Waals surface area contributed by atoms with Gasteiger partial charge in [0.05, 0.1) is 17.9 Å². The minimum absolute atomic E-state index is 0.160. The predicted molar refractivity (Wildman–Crippen MR) is 129 cm³/mol. The number of anilines is 1. The molecule has 0 saturated heterocycles. The van der Waals surface area contributed by atoms with Gasteiger partial charge in [-0.25, -0.2) is 0 Å². The largest absolute Gasteiger partial charge is 0.497 e. The highest BCUT2D eigenvalue weighted by molar-refractivity contribution is 7.99. The molecule has 1 amide bonds. The van der Waals surface area contributed by atoms with Crippen molar-refractivity contribution in [3.8, 4) is 17.2 Å². The molecule has 0 saturated carbocycles. The average Bonchev–Trinajstić information content (AvgIpc) is 3.25. The van der Waals surface area contributed by atoms with E-state index in [2.05, 4.69) is 15.5 Å². The van der Waals surface area contributed by atoms with Crippen molar-refractivity contribution in [2.45, 2.75) is 11.8 Å². The lowest BCUT2D eigenvalue weighted by atomic mass is 10.3. The van der Waals surface area contributed by atoms with E-state index < -0.39 is 0 Å². The van der Waals surface area contributed by atoms with Crippen molar-refractivity contribution in [1.29, 1.82) is 0 Å². The van der Waals surface area contributed by atoms with Gasteiger partial charge in [0.25, 0.3) is 0 Å². The summed E-state index contributed by atoms with van der Waals surface area (Å²) in [7, 11) is 1.58. The zero-order valence-electron chi connectivity index (χ0n) is 17.8. The molecule has 7 nitrogen and oxygen atoms in total. The Morgan fingerprint density at radius 1 is 1.03 bits per heavy atom. The summed E-state index contributed by atoms with van der Waals surface area (Å²) in [6, 6.07) is 24.1. The number of para-hydroxylation sites is 2. The number of carbonyl (C=O) groups excluding carboxylic acids is 1. The van der Waals surface area contributed by atoms with E-state index in [-0.39, 0.29) is 18.3 Å². The Bertz CT molecular complexity index is 1230. The second kappa shape index (κ2) is 10.9. The van der Waals surface area contributed by atoms with Crippen LogP contribution in [-0.2, 0) is 11.4 Å². The lowest BCUT2D eigenvalue weighted by molar-refractivity contribution is -0.113. The normalized spacial score (nSPS) is 10.6. The van der Waals surface area contributed by atoms with Crippen LogP contribution in [0.25, 0.3) is 5.69 Å². The third kappa shape index (κ3) is 5.85. The second-order valence-electron chi connectivity index (χ2n) is 6.86. The Labute approximate surface area is 200 Å². The third-order valence-electron chi connectivity index (χ3n) is 4.59. The average molecular weight is 481 g/mol. The topological polar surface area (TPSA) is 78.3 Å². The number of hydrogen-bond acceptors (Lipinski definition) is 6. The first kappa shape index (κ1) is 22.7. The number of nitrogens with one attached hydrogen (secondary N) is 1. The summed E-state index contributed by atoms with van der Waals surface area (Å²) < 4.78 is 12.9. The van der Waals surface area contributed by atoms with E-state index in [1.807, 2.05) is 65.2 Å². The SMILES string of the molecule is COc1cccc(NC(=O)CSc2nnc(COc3ccccc3Cl)n2-c2ccccc2)c1. The van der Waals surface area contributed by atoms with Crippen LogP contribution in [-0.4, -0.2) is 33.5 Å². The van der Waals surface area contributed by atoms with Crippen LogP contribution in [0.1, 0.15) is 5.82 Å². The summed E-state index contributed by atoms with van der Waals surface area (Å²) in [5.41, 5.74) is 1.54. The van der Waals surface area contributed by atoms with Gasteiger partial charge in [0, 0.05) is 17.4 Å². The number of aromatic nitrogens is 3. The van der Waals surface area contributed by atoms with Crippen molar-refractivity contribution < 1.29 is 14.3 Å². The molecule has 0 fully saturated rings. The summed E-state index contributed by atoms with van der Waals surface area (Å²) in [6.07, 6.45) is 0. The van der Waals surface area contributed by atoms with Crippen molar-refractivity contribution in [1.82, 2.24) is 14.8 Å². The predicted octanol–water partition coefficient (Wildman–Crippen LogP) is 5.24. The van der Waals surface area contributed by atoms with Crippen LogP contribution in [0.15, 0.2) is 84.0 Å². The lowest BCUT2D eigenvalue weighted by Crippen LogP contribution is -2.14. The molecule has 1 heterocycles. The molecule has 4 aromatic rings. The fourth-order valence-corrected chi connectivity index (χ4v) is 4.02. The molecule has 1 aromatic heterocycles. The smallest absolute Gasteiger partial charge is 0.234 e. The Morgan fingerprint density at radius 2 is 1.82 bits per heavy atom. The number of benzene rings is 3. The number of ether oxygens (including phenoxy) is 2. The Kier molecular flexibility index (Phi) is 7.49. The standard InChI is InChI=1S/C24H21ClN4O3S/c1-31-19-11-7-8-17(14-19)26-23(30)16-33-24-28-27-22(29(24)18-9-3-2-4-10-18)15-32-21-13-6-5-12-20(21)25/h2-14H,15-16H2,1H3,(H,26,30). The lowest BCUT2D eigenvalue weighted by Gasteiger charge is -2.12.